The average Bonchev–Trinajstić information content (AvgIpc) is 2.59. The second kappa shape index (κ2) is 4.61. The fraction of sp³-hybridized carbons (Fsp3) is 0.333. The molecule has 1 unspecified atom stereocenters. The van der Waals surface area contributed by atoms with E-state index in [1.807, 2.05) is 24.3 Å². The van der Waals surface area contributed by atoms with Gasteiger partial charge in [0, 0.05) is 11.0 Å². The maximum atomic E-state index is 11.6. The molecule has 0 saturated carbocycles. The molecule has 1 heterocycles. The number of carbonyl (C=O) groups excluding carboxylic acids is 1. The second-order valence-corrected chi connectivity index (χ2v) is 5.30. The summed E-state index contributed by atoms with van der Waals surface area (Å²) < 4.78 is 5.85. The minimum absolute atomic E-state index is 0.0528. The van der Waals surface area contributed by atoms with Crippen molar-refractivity contribution in [1.29, 1.82) is 0 Å². The number of rotatable bonds is 3. The molecule has 6 heteroatoms. The minimum atomic E-state index is -1.45. The molecule has 1 aromatic carbocycles. The third kappa shape index (κ3) is 2.48. The summed E-state index contributed by atoms with van der Waals surface area (Å²) in [5, 5.41) is 9.00. The lowest BCUT2D eigenvalue weighted by molar-refractivity contribution is -0.153. The Kier molecular flexibility index (Phi) is 3.30. The Hall–Kier alpha value is -1.56. The van der Waals surface area contributed by atoms with Gasteiger partial charge in [0.2, 0.25) is 5.60 Å². The Balaban J connectivity index is 2.09. The van der Waals surface area contributed by atoms with E-state index in [1.54, 1.807) is 0 Å². The normalized spacial score (nSPS) is 23.0. The van der Waals surface area contributed by atoms with Crippen LogP contribution in [0.1, 0.15) is 12.5 Å². The van der Waals surface area contributed by atoms with Crippen LogP contribution in [0.25, 0.3) is 0 Å². The van der Waals surface area contributed by atoms with Crippen LogP contribution in [0.4, 0.5) is 4.79 Å². The first-order valence-corrected chi connectivity index (χ1v) is 6.16. The second-order valence-electron chi connectivity index (χ2n) is 4.39. The summed E-state index contributed by atoms with van der Waals surface area (Å²) >= 11 is 3.32. The molecule has 2 rings (SSSR count). The first-order valence-electron chi connectivity index (χ1n) is 5.36. The molecule has 0 aliphatic carbocycles. The number of cyclic esters (lactones) is 1. The average molecular weight is 314 g/mol. The van der Waals surface area contributed by atoms with E-state index < -0.39 is 17.7 Å². The molecule has 0 spiro atoms. The molecule has 0 bridgehead atoms. The van der Waals surface area contributed by atoms with Crippen LogP contribution >= 0.6 is 15.9 Å². The molecule has 1 atom stereocenters. The zero-order valence-corrected chi connectivity index (χ0v) is 11.3. The van der Waals surface area contributed by atoms with Gasteiger partial charge in [-0.25, -0.2) is 9.59 Å². The van der Waals surface area contributed by atoms with Crippen molar-refractivity contribution in [3.05, 3.63) is 34.3 Å². The Morgan fingerprint density at radius 2 is 2.11 bits per heavy atom. The fourth-order valence-corrected chi connectivity index (χ4v) is 2.02. The zero-order valence-electron chi connectivity index (χ0n) is 9.72. The molecule has 1 aromatic rings. The molecule has 0 radical (unpaired) electrons. The highest BCUT2D eigenvalue weighted by Crippen LogP contribution is 2.24. The van der Waals surface area contributed by atoms with Crippen molar-refractivity contribution in [3.8, 4) is 0 Å². The van der Waals surface area contributed by atoms with E-state index >= 15 is 0 Å². The van der Waals surface area contributed by atoms with E-state index in [9.17, 15) is 9.59 Å². The van der Waals surface area contributed by atoms with E-state index in [0.29, 0.717) is 6.54 Å². The summed E-state index contributed by atoms with van der Waals surface area (Å²) in [6.45, 7) is 1.79. The van der Waals surface area contributed by atoms with Crippen LogP contribution in [-0.4, -0.2) is 34.2 Å². The van der Waals surface area contributed by atoms with E-state index in [4.69, 9.17) is 9.84 Å². The molecule has 1 N–H and O–H groups in total. The molecule has 96 valence electrons. The van der Waals surface area contributed by atoms with Crippen molar-refractivity contribution in [2.75, 3.05) is 6.54 Å². The molecule has 5 nitrogen and oxygen atoms in total. The third-order valence-corrected chi connectivity index (χ3v) is 3.33. The number of hydrogen-bond donors (Lipinski definition) is 1. The van der Waals surface area contributed by atoms with Crippen molar-refractivity contribution in [1.82, 2.24) is 4.90 Å². The summed E-state index contributed by atoms with van der Waals surface area (Å²) in [7, 11) is 0. The van der Waals surface area contributed by atoms with Crippen LogP contribution in [0.3, 0.4) is 0 Å². The standard InChI is InChI=1S/C12H12BrNO4/c1-12(10(15)16)7-14(11(17)18-12)6-8-2-4-9(13)5-3-8/h2-5H,6-7H2,1H3,(H,15,16). The Morgan fingerprint density at radius 3 is 2.61 bits per heavy atom. The topological polar surface area (TPSA) is 66.8 Å². The minimum Gasteiger partial charge on any atom is -0.478 e. The van der Waals surface area contributed by atoms with Gasteiger partial charge in [-0.05, 0) is 24.6 Å². The quantitative estimate of drug-likeness (QED) is 0.929. The van der Waals surface area contributed by atoms with E-state index in [2.05, 4.69) is 15.9 Å². The number of benzene rings is 1. The number of nitrogens with zero attached hydrogens (tertiary/aromatic N) is 1. The molecule has 0 aromatic heterocycles. The van der Waals surface area contributed by atoms with Gasteiger partial charge in [-0.3, -0.25) is 4.90 Å². The lowest BCUT2D eigenvalue weighted by Gasteiger charge is -2.16. The molecule has 1 amide bonds. The predicted molar refractivity (Wildman–Crippen MR) is 67.1 cm³/mol. The van der Waals surface area contributed by atoms with Gasteiger partial charge in [-0.1, -0.05) is 28.1 Å². The number of amides is 1. The zero-order chi connectivity index (χ0) is 13.3. The monoisotopic (exact) mass is 313 g/mol. The van der Waals surface area contributed by atoms with Gasteiger partial charge in [0.15, 0.2) is 0 Å². The lowest BCUT2D eigenvalue weighted by Crippen LogP contribution is -2.39. The molecule has 1 aliphatic heterocycles. The molecular formula is C12H12BrNO4. The smallest absolute Gasteiger partial charge is 0.411 e. The first-order chi connectivity index (χ1) is 8.40. The fourth-order valence-electron chi connectivity index (χ4n) is 1.76. The van der Waals surface area contributed by atoms with Gasteiger partial charge in [0.25, 0.3) is 0 Å². The van der Waals surface area contributed by atoms with Gasteiger partial charge in [0.05, 0.1) is 6.54 Å². The maximum absolute atomic E-state index is 11.6. The van der Waals surface area contributed by atoms with Crippen molar-refractivity contribution in [2.45, 2.75) is 19.1 Å². The highest BCUT2D eigenvalue weighted by atomic mass is 79.9. The number of carboxylic acid groups (broad SMARTS) is 1. The summed E-state index contributed by atoms with van der Waals surface area (Å²) in [6.07, 6.45) is -0.595. The van der Waals surface area contributed by atoms with Crippen LogP contribution in [-0.2, 0) is 16.1 Å². The van der Waals surface area contributed by atoms with E-state index in [0.717, 1.165) is 10.0 Å². The predicted octanol–water partition coefficient (Wildman–Crippen LogP) is 2.24. The van der Waals surface area contributed by atoms with Crippen LogP contribution < -0.4 is 0 Å². The van der Waals surface area contributed by atoms with E-state index in [-0.39, 0.29) is 6.54 Å². The van der Waals surface area contributed by atoms with Crippen LogP contribution in [0.15, 0.2) is 28.7 Å². The van der Waals surface area contributed by atoms with Gasteiger partial charge >= 0.3 is 12.1 Å². The number of halogens is 1. The van der Waals surface area contributed by atoms with Gasteiger partial charge in [0.1, 0.15) is 0 Å². The SMILES string of the molecule is CC1(C(=O)O)CN(Cc2ccc(Br)cc2)C(=O)O1. The van der Waals surface area contributed by atoms with Crippen LogP contribution in [0.2, 0.25) is 0 Å². The number of aliphatic carboxylic acids is 1. The highest BCUT2D eigenvalue weighted by Gasteiger charge is 2.47. The van der Waals surface area contributed by atoms with Gasteiger partial charge in [-0.15, -0.1) is 0 Å². The molecule has 1 saturated heterocycles. The Labute approximate surface area is 112 Å². The van der Waals surface area contributed by atoms with Gasteiger partial charge in [-0.2, -0.15) is 0 Å². The number of ether oxygens (including phenoxy) is 1. The highest BCUT2D eigenvalue weighted by molar-refractivity contribution is 9.10. The largest absolute Gasteiger partial charge is 0.478 e. The Morgan fingerprint density at radius 1 is 1.50 bits per heavy atom. The summed E-state index contributed by atoms with van der Waals surface area (Å²) in [4.78, 5) is 24.0. The molecule has 1 fully saturated rings. The number of carboxylic acids is 1. The first kappa shape index (κ1) is 12.9. The Bertz CT molecular complexity index is 487. The van der Waals surface area contributed by atoms with Crippen LogP contribution in [0.5, 0.6) is 0 Å². The van der Waals surface area contributed by atoms with E-state index in [1.165, 1.54) is 11.8 Å². The van der Waals surface area contributed by atoms with Crippen molar-refractivity contribution in [3.63, 3.8) is 0 Å². The maximum Gasteiger partial charge on any atom is 0.411 e. The third-order valence-electron chi connectivity index (χ3n) is 2.80. The van der Waals surface area contributed by atoms with Crippen molar-refractivity contribution in [2.24, 2.45) is 0 Å². The summed E-state index contributed by atoms with van der Waals surface area (Å²) in [5.74, 6) is -1.13. The number of carbonyl (C=O) groups is 2. The molecule has 1 aliphatic rings. The summed E-state index contributed by atoms with van der Waals surface area (Å²) in [6, 6.07) is 7.47. The summed E-state index contributed by atoms with van der Waals surface area (Å²) in [5.41, 5.74) is -0.531. The molecular weight excluding hydrogens is 302 g/mol. The lowest BCUT2D eigenvalue weighted by atomic mass is 10.1. The molecule has 18 heavy (non-hydrogen) atoms. The van der Waals surface area contributed by atoms with Gasteiger partial charge < -0.3 is 9.84 Å². The number of hydrogen-bond acceptors (Lipinski definition) is 3. The van der Waals surface area contributed by atoms with Crippen molar-refractivity contribution >= 4 is 28.0 Å². The van der Waals surface area contributed by atoms with Crippen molar-refractivity contribution < 1.29 is 19.4 Å². The van der Waals surface area contributed by atoms with Crippen LogP contribution in [0, 0.1) is 0 Å².